The lowest BCUT2D eigenvalue weighted by Gasteiger charge is -2.33. The molecule has 8 heteroatoms. The molecule has 1 aromatic rings. The van der Waals surface area contributed by atoms with Crippen LogP contribution in [0.1, 0.15) is 45.6 Å². The number of benzene rings is 1. The fraction of sp³-hybridized carbons (Fsp3) is 0.579. The topological polar surface area (TPSA) is 52.7 Å². The Morgan fingerprint density at radius 1 is 1.33 bits per heavy atom. The van der Waals surface area contributed by atoms with Gasteiger partial charge in [0.1, 0.15) is 5.37 Å². The van der Waals surface area contributed by atoms with Crippen LogP contribution in [0.15, 0.2) is 18.2 Å². The summed E-state index contributed by atoms with van der Waals surface area (Å²) in [4.78, 5) is 28.6. The molecule has 1 N–H and O–H groups in total. The molecule has 1 heterocycles. The van der Waals surface area contributed by atoms with Crippen molar-refractivity contribution in [3.63, 3.8) is 0 Å². The Kier molecular flexibility index (Phi) is 7.33. The number of hydrogen-bond donors (Lipinski definition) is 1. The molecule has 150 valence electrons. The van der Waals surface area contributed by atoms with Gasteiger partial charge in [-0.2, -0.15) is 0 Å². The maximum absolute atomic E-state index is 12.6. The van der Waals surface area contributed by atoms with E-state index in [0.29, 0.717) is 28.9 Å². The van der Waals surface area contributed by atoms with Crippen molar-refractivity contribution in [2.75, 3.05) is 18.8 Å². The van der Waals surface area contributed by atoms with Gasteiger partial charge in [0.15, 0.2) is 0 Å². The molecule has 0 saturated carbocycles. The van der Waals surface area contributed by atoms with Crippen LogP contribution in [0, 0.1) is 0 Å². The zero-order valence-electron chi connectivity index (χ0n) is 16.4. The van der Waals surface area contributed by atoms with Crippen LogP contribution in [-0.2, 0) is 4.79 Å². The number of nitrogens with one attached hydrogen (secondary N) is 1. The van der Waals surface area contributed by atoms with E-state index < -0.39 is 0 Å². The third-order valence-corrected chi connectivity index (χ3v) is 6.14. The van der Waals surface area contributed by atoms with Crippen LogP contribution in [-0.4, -0.2) is 52.2 Å². The highest BCUT2D eigenvalue weighted by Crippen LogP contribution is 2.40. The van der Waals surface area contributed by atoms with Gasteiger partial charge in [0, 0.05) is 24.7 Å². The quantitative estimate of drug-likeness (QED) is 0.728. The zero-order valence-corrected chi connectivity index (χ0v) is 18.7. The summed E-state index contributed by atoms with van der Waals surface area (Å²) in [5.74, 6) is 0.483. The Morgan fingerprint density at radius 3 is 2.56 bits per heavy atom. The maximum atomic E-state index is 12.6. The van der Waals surface area contributed by atoms with Crippen molar-refractivity contribution in [3.8, 4) is 0 Å². The Labute approximate surface area is 175 Å². The van der Waals surface area contributed by atoms with Crippen LogP contribution in [0.4, 0.5) is 4.79 Å². The van der Waals surface area contributed by atoms with Gasteiger partial charge in [-0.05, 0) is 52.3 Å². The summed E-state index contributed by atoms with van der Waals surface area (Å²) >= 11 is 13.7. The predicted molar refractivity (Wildman–Crippen MR) is 114 cm³/mol. The molecule has 5 nitrogen and oxygen atoms in total. The molecule has 3 amide bonds. The largest absolute Gasteiger partial charge is 0.333 e. The van der Waals surface area contributed by atoms with Crippen LogP contribution in [0.5, 0.6) is 0 Å². The predicted octanol–water partition coefficient (Wildman–Crippen LogP) is 4.79. The molecule has 1 fully saturated rings. The third kappa shape index (κ3) is 5.93. The van der Waals surface area contributed by atoms with E-state index in [0.717, 1.165) is 5.56 Å². The van der Waals surface area contributed by atoms with Gasteiger partial charge in [-0.15, -0.1) is 11.8 Å². The SMILES string of the molecule is CC(C)N(CCN1C(=O)CSC1c1ccc(Cl)c(Cl)c1)C(=O)NC(C)(C)C. The third-order valence-electron chi connectivity index (χ3n) is 4.14. The number of carbonyl (C=O) groups excluding carboxylic acids is 2. The number of thioether (sulfide) groups is 1. The van der Waals surface area contributed by atoms with E-state index in [1.807, 2.05) is 45.6 Å². The molecular formula is C19H27Cl2N3O2S. The highest BCUT2D eigenvalue weighted by Gasteiger charge is 2.34. The van der Waals surface area contributed by atoms with Crippen molar-refractivity contribution in [1.82, 2.24) is 15.1 Å². The number of nitrogens with zero attached hydrogens (tertiary/aromatic N) is 2. The van der Waals surface area contributed by atoms with Crippen LogP contribution in [0.3, 0.4) is 0 Å². The van der Waals surface area contributed by atoms with Crippen LogP contribution < -0.4 is 5.32 Å². The van der Waals surface area contributed by atoms with Crippen molar-refractivity contribution in [1.29, 1.82) is 0 Å². The summed E-state index contributed by atoms with van der Waals surface area (Å²) in [6.07, 6.45) is 0. The van der Waals surface area contributed by atoms with E-state index in [-0.39, 0.29) is 28.9 Å². The first-order valence-corrected chi connectivity index (χ1v) is 10.7. The second kappa shape index (κ2) is 8.93. The number of urea groups is 1. The first-order valence-electron chi connectivity index (χ1n) is 8.94. The number of halogens is 2. The van der Waals surface area contributed by atoms with Crippen molar-refractivity contribution < 1.29 is 9.59 Å². The summed E-state index contributed by atoms with van der Waals surface area (Å²) in [7, 11) is 0. The summed E-state index contributed by atoms with van der Waals surface area (Å²) in [6.45, 7) is 10.7. The van der Waals surface area contributed by atoms with E-state index in [2.05, 4.69) is 5.32 Å². The van der Waals surface area contributed by atoms with Gasteiger partial charge >= 0.3 is 6.03 Å². The van der Waals surface area contributed by atoms with Gasteiger partial charge in [-0.1, -0.05) is 29.3 Å². The average molecular weight is 432 g/mol. The standard InChI is InChI=1S/C19H27Cl2N3O2S/c1-12(2)23(18(26)22-19(3,4)5)8-9-24-16(25)11-27-17(24)13-6-7-14(20)15(21)10-13/h6-7,10,12,17H,8-9,11H2,1-5H3,(H,22,26). The Morgan fingerprint density at radius 2 is 2.00 bits per heavy atom. The van der Waals surface area contributed by atoms with Crippen LogP contribution in [0.2, 0.25) is 10.0 Å². The van der Waals surface area contributed by atoms with E-state index in [4.69, 9.17) is 23.2 Å². The summed E-state index contributed by atoms with van der Waals surface area (Å²) < 4.78 is 0. The van der Waals surface area contributed by atoms with Crippen LogP contribution in [0.25, 0.3) is 0 Å². The molecule has 1 unspecified atom stereocenters. The molecule has 2 rings (SSSR count). The minimum absolute atomic E-state index is 0.0288. The first kappa shape index (κ1) is 22.2. The number of rotatable bonds is 5. The smallest absolute Gasteiger partial charge is 0.318 e. The molecule has 1 saturated heterocycles. The molecule has 0 spiro atoms. The van der Waals surface area contributed by atoms with Crippen molar-refractivity contribution in [2.45, 2.75) is 51.6 Å². The normalized spacial score (nSPS) is 17.6. The molecule has 1 aromatic carbocycles. The first-order chi connectivity index (χ1) is 12.5. The van der Waals surface area contributed by atoms with Gasteiger partial charge in [0.25, 0.3) is 0 Å². The number of amides is 3. The Hall–Kier alpha value is -1.11. The van der Waals surface area contributed by atoms with Gasteiger partial charge in [0.2, 0.25) is 5.91 Å². The summed E-state index contributed by atoms with van der Waals surface area (Å²) in [5.41, 5.74) is 0.627. The molecule has 1 atom stereocenters. The molecule has 0 aromatic heterocycles. The lowest BCUT2D eigenvalue weighted by atomic mass is 10.1. The minimum atomic E-state index is -0.313. The summed E-state index contributed by atoms with van der Waals surface area (Å²) in [5, 5.41) is 3.84. The maximum Gasteiger partial charge on any atom is 0.318 e. The van der Waals surface area contributed by atoms with Gasteiger partial charge < -0.3 is 15.1 Å². The second-order valence-electron chi connectivity index (χ2n) is 7.89. The van der Waals surface area contributed by atoms with Crippen LogP contribution >= 0.6 is 35.0 Å². The lowest BCUT2D eigenvalue weighted by Crippen LogP contribution is -2.52. The van der Waals surface area contributed by atoms with Crippen molar-refractivity contribution >= 4 is 46.9 Å². The molecule has 0 radical (unpaired) electrons. The fourth-order valence-corrected chi connectivity index (χ4v) is 4.36. The van der Waals surface area contributed by atoms with E-state index >= 15 is 0 Å². The van der Waals surface area contributed by atoms with Crippen molar-refractivity contribution in [2.24, 2.45) is 0 Å². The van der Waals surface area contributed by atoms with Gasteiger partial charge in [0.05, 0.1) is 15.8 Å². The molecule has 1 aliphatic rings. The fourth-order valence-electron chi connectivity index (χ4n) is 2.84. The van der Waals surface area contributed by atoms with Gasteiger partial charge in [-0.3, -0.25) is 4.79 Å². The Balaban J connectivity index is 2.11. The molecular weight excluding hydrogens is 405 g/mol. The minimum Gasteiger partial charge on any atom is -0.333 e. The zero-order chi connectivity index (χ0) is 20.4. The van der Waals surface area contributed by atoms with Gasteiger partial charge in [-0.25, -0.2) is 4.79 Å². The number of carbonyl (C=O) groups is 2. The highest BCUT2D eigenvalue weighted by molar-refractivity contribution is 8.00. The van der Waals surface area contributed by atoms with E-state index in [9.17, 15) is 9.59 Å². The van der Waals surface area contributed by atoms with E-state index in [1.54, 1.807) is 28.8 Å². The second-order valence-corrected chi connectivity index (χ2v) is 9.77. The molecule has 1 aliphatic heterocycles. The molecule has 0 bridgehead atoms. The van der Waals surface area contributed by atoms with Crippen molar-refractivity contribution in [3.05, 3.63) is 33.8 Å². The lowest BCUT2D eigenvalue weighted by molar-refractivity contribution is -0.128. The van der Waals surface area contributed by atoms with E-state index in [1.165, 1.54) is 0 Å². The average Bonchev–Trinajstić information content (AvgIpc) is 2.89. The summed E-state index contributed by atoms with van der Waals surface area (Å²) in [6, 6.07) is 5.35. The molecule has 27 heavy (non-hydrogen) atoms. The number of hydrogen-bond acceptors (Lipinski definition) is 3. The Bertz CT molecular complexity index is 707. The highest BCUT2D eigenvalue weighted by atomic mass is 35.5. The molecule has 0 aliphatic carbocycles. The monoisotopic (exact) mass is 431 g/mol.